The van der Waals surface area contributed by atoms with E-state index in [-0.39, 0.29) is 5.41 Å². The Morgan fingerprint density at radius 3 is 2.50 bits per heavy atom. The number of nitrogen functional groups attached to an aromatic ring is 1. The molecule has 0 aliphatic rings. The van der Waals surface area contributed by atoms with E-state index in [1.54, 1.807) is 0 Å². The molecular formula is C11H15N3OS. The van der Waals surface area contributed by atoms with Gasteiger partial charge in [0.15, 0.2) is 5.82 Å². The molecule has 0 aromatic carbocycles. The summed E-state index contributed by atoms with van der Waals surface area (Å²) in [5.74, 6) is 1.28. The molecular weight excluding hydrogens is 222 g/mol. The third kappa shape index (κ3) is 1.95. The van der Waals surface area contributed by atoms with Gasteiger partial charge in [-0.05, 0) is 18.6 Å². The monoisotopic (exact) mass is 237 g/mol. The Morgan fingerprint density at radius 2 is 2.06 bits per heavy atom. The minimum absolute atomic E-state index is 0.0988. The number of hydrogen-bond acceptors (Lipinski definition) is 5. The first-order valence-corrected chi connectivity index (χ1v) is 5.90. The summed E-state index contributed by atoms with van der Waals surface area (Å²) in [7, 11) is 0. The number of rotatable bonds is 1. The van der Waals surface area contributed by atoms with Crippen LogP contribution in [-0.4, -0.2) is 10.1 Å². The predicted octanol–water partition coefficient (Wildman–Crippen LogP) is 2.99. The standard InChI is InChI=1S/C11H15N3OS/c1-6-5-7(12)16-8(6)9-13-10(14-15-9)11(2,3)4/h5H,12H2,1-4H3. The van der Waals surface area contributed by atoms with E-state index in [4.69, 9.17) is 10.3 Å². The summed E-state index contributed by atoms with van der Waals surface area (Å²) < 4.78 is 5.27. The van der Waals surface area contributed by atoms with Crippen LogP contribution in [0, 0.1) is 6.92 Å². The van der Waals surface area contributed by atoms with Crippen molar-refractivity contribution in [1.82, 2.24) is 10.1 Å². The van der Waals surface area contributed by atoms with Crippen LogP contribution in [0.4, 0.5) is 5.00 Å². The highest BCUT2D eigenvalue weighted by Crippen LogP contribution is 2.33. The summed E-state index contributed by atoms with van der Waals surface area (Å²) in [6.45, 7) is 8.15. The Kier molecular flexibility index (Phi) is 2.50. The van der Waals surface area contributed by atoms with E-state index in [2.05, 4.69) is 30.9 Å². The molecule has 0 atom stereocenters. The van der Waals surface area contributed by atoms with Crippen molar-refractivity contribution < 1.29 is 4.52 Å². The number of hydrogen-bond donors (Lipinski definition) is 1. The molecule has 0 unspecified atom stereocenters. The maximum absolute atomic E-state index is 5.74. The van der Waals surface area contributed by atoms with Crippen molar-refractivity contribution in [1.29, 1.82) is 0 Å². The van der Waals surface area contributed by atoms with Crippen molar-refractivity contribution in [2.24, 2.45) is 0 Å². The van der Waals surface area contributed by atoms with Gasteiger partial charge < -0.3 is 10.3 Å². The molecule has 5 heteroatoms. The Bertz CT molecular complexity index is 508. The molecule has 0 saturated heterocycles. The van der Waals surface area contributed by atoms with E-state index in [0.717, 1.165) is 15.4 Å². The first-order valence-electron chi connectivity index (χ1n) is 5.08. The SMILES string of the molecule is Cc1cc(N)sc1-c1nc(C(C)(C)C)no1. The average molecular weight is 237 g/mol. The molecule has 0 fully saturated rings. The van der Waals surface area contributed by atoms with Crippen molar-refractivity contribution in [3.63, 3.8) is 0 Å². The van der Waals surface area contributed by atoms with Gasteiger partial charge >= 0.3 is 0 Å². The maximum Gasteiger partial charge on any atom is 0.268 e. The summed E-state index contributed by atoms with van der Waals surface area (Å²) in [6.07, 6.45) is 0. The molecule has 4 nitrogen and oxygen atoms in total. The molecule has 2 aromatic rings. The first-order chi connectivity index (χ1) is 7.38. The van der Waals surface area contributed by atoms with Gasteiger partial charge in [0, 0.05) is 5.41 Å². The quantitative estimate of drug-likeness (QED) is 0.828. The van der Waals surface area contributed by atoms with Crippen molar-refractivity contribution >= 4 is 16.3 Å². The second kappa shape index (κ2) is 3.59. The largest absolute Gasteiger partial charge is 0.391 e. The molecule has 0 bridgehead atoms. The minimum atomic E-state index is -0.0988. The highest BCUT2D eigenvalue weighted by molar-refractivity contribution is 7.19. The van der Waals surface area contributed by atoms with Gasteiger partial charge in [0.2, 0.25) is 0 Å². The Balaban J connectivity index is 2.43. The Morgan fingerprint density at radius 1 is 1.38 bits per heavy atom. The molecule has 0 amide bonds. The minimum Gasteiger partial charge on any atom is -0.391 e. The molecule has 2 aromatic heterocycles. The molecule has 2 N–H and O–H groups in total. The zero-order valence-electron chi connectivity index (χ0n) is 9.87. The molecule has 86 valence electrons. The molecule has 16 heavy (non-hydrogen) atoms. The molecule has 0 aliphatic carbocycles. The van der Waals surface area contributed by atoms with Crippen LogP contribution in [0.5, 0.6) is 0 Å². The normalized spacial score (nSPS) is 12.0. The van der Waals surface area contributed by atoms with Crippen LogP contribution >= 0.6 is 11.3 Å². The van der Waals surface area contributed by atoms with Gasteiger partial charge in [0.1, 0.15) is 0 Å². The maximum atomic E-state index is 5.74. The van der Waals surface area contributed by atoms with E-state index < -0.39 is 0 Å². The van der Waals surface area contributed by atoms with E-state index in [9.17, 15) is 0 Å². The Hall–Kier alpha value is -1.36. The third-order valence-corrected chi connectivity index (χ3v) is 3.28. The van der Waals surface area contributed by atoms with Crippen LogP contribution in [-0.2, 0) is 5.41 Å². The summed E-state index contributed by atoms with van der Waals surface area (Å²) in [5.41, 5.74) is 6.71. The zero-order chi connectivity index (χ0) is 11.9. The number of nitrogens with zero attached hydrogens (tertiary/aromatic N) is 2. The molecule has 2 heterocycles. The van der Waals surface area contributed by atoms with Crippen molar-refractivity contribution in [3.05, 3.63) is 17.5 Å². The van der Waals surface area contributed by atoms with Crippen molar-refractivity contribution in [3.8, 4) is 10.8 Å². The van der Waals surface area contributed by atoms with Crippen LogP contribution in [0.25, 0.3) is 10.8 Å². The van der Waals surface area contributed by atoms with Crippen molar-refractivity contribution in [2.45, 2.75) is 33.1 Å². The van der Waals surface area contributed by atoms with Gasteiger partial charge in [-0.25, -0.2) is 0 Å². The highest BCUT2D eigenvalue weighted by atomic mass is 32.1. The summed E-state index contributed by atoms with van der Waals surface area (Å²) in [5, 5.41) is 4.76. The van der Waals surface area contributed by atoms with Gasteiger partial charge in [-0.3, -0.25) is 0 Å². The molecule has 0 saturated carbocycles. The van der Waals surface area contributed by atoms with Gasteiger partial charge in [0.25, 0.3) is 5.89 Å². The highest BCUT2D eigenvalue weighted by Gasteiger charge is 2.22. The molecule has 2 rings (SSSR count). The fourth-order valence-electron chi connectivity index (χ4n) is 1.34. The number of anilines is 1. The smallest absolute Gasteiger partial charge is 0.268 e. The van der Waals surface area contributed by atoms with Crippen LogP contribution in [0.2, 0.25) is 0 Å². The lowest BCUT2D eigenvalue weighted by molar-refractivity contribution is 0.403. The Labute approximate surface area is 98.5 Å². The first kappa shape index (κ1) is 11.1. The number of nitrogens with two attached hydrogens (primary N) is 1. The van der Waals surface area contributed by atoms with E-state index in [1.165, 1.54) is 11.3 Å². The van der Waals surface area contributed by atoms with Crippen molar-refractivity contribution in [2.75, 3.05) is 5.73 Å². The van der Waals surface area contributed by atoms with E-state index in [0.29, 0.717) is 11.7 Å². The molecule has 0 spiro atoms. The van der Waals surface area contributed by atoms with Crippen LogP contribution < -0.4 is 5.73 Å². The number of aryl methyl sites for hydroxylation is 1. The summed E-state index contributed by atoms with van der Waals surface area (Å²) in [4.78, 5) is 5.36. The molecule has 0 radical (unpaired) electrons. The summed E-state index contributed by atoms with van der Waals surface area (Å²) in [6, 6.07) is 1.92. The van der Waals surface area contributed by atoms with Crippen LogP contribution in [0.15, 0.2) is 10.6 Å². The fraction of sp³-hybridized carbons (Fsp3) is 0.455. The third-order valence-electron chi connectivity index (χ3n) is 2.23. The van der Waals surface area contributed by atoms with Gasteiger partial charge in [-0.1, -0.05) is 25.9 Å². The van der Waals surface area contributed by atoms with Crippen LogP contribution in [0.1, 0.15) is 32.2 Å². The number of aromatic nitrogens is 2. The zero-order valence-corrected chi connectivity index (χ0v) is 10.7. The summed E-state index contributed by atoms with van der Waals surface area (Å²) >= 11 is 1.47. The van der Waals surface area contributed by atoms with Gasteiger partial charge in [-0.2, -0.15) is 4.98 Å². The lowest BCUT2D eigenvalue weighted by Crippen LogP contribution is -2.13. The van der Waals surface area contributed by atoms with E-state index in [1.807, 2.05) is 13.0 Å². The fourth-order valence-corrected chi connectivity index (χ4v) is 2.20. The second-order valence-electron chi connectivity index (χ2n) is 4.83. The lowest BCUT2D eigenvalue weighted by atomic mass is 9.96. The van der Waals surface area contributed by atoms with Gasteiger partial charge in [0.05, 0.1) is 9.88 Å². The lowest BCUT2D eigenvalue weighted by Gasteiger charge is -2.10. The van der Waals surface area contributed by atoms with E-state index >= 15 is 0 Å². The molecule has 0 aliphatic heterocycles. The van der Waals surface area contributed by atoms with Crippen LogP contribution in [0.3, 0.4) is 0 Å². The second-order valence-corrected chi connectivity index (χ2v) is 5.92. The van der Waals surface area contributed by atoms with Gasteiger partial charge in [-0.15, -0.1) is 11.3 Å². The topological polar surface area (TPSA) is 64.9 Å². The number of thiophene rings is 1. The predicted molar refractivity (Wildman–Crippen MR) is 65.5 cm³/mol. The average Bonchev–Trinajstić information content (AvgIpc) is 2.70.